The van der Waals surface area contributed by atoms with Crippen molar-refractivity contribution in [3.8, 4) is 0 Å². The summed E-state index contributed by atoms with van der Waals surface area (Å²) in [5, 5.41) is 0. The first-order valence-corrected chi connectivity index (χ1v) is 11.8. The molecule has 0 N–H and O–H groups in total. The van der Waals surface area contributed by atoms with Crippen LogP contribution in [0.15, 0.2) is 60.7 Å². The molecule has 0 saturated carbocycles. The van der Waals surface area contributed by atoms with Gasteiger partial charge in [-0.25, -0.2) is 9.59 Å². The molecule has 2 aromatic carbocycles. The summed E-state index contributed by atoms with van der Waals surface area (Å²) in [7, 11) is 7.53. The Labute approximate surface area is 217 Å². The van der Waals surface area contributed by atoms with Gasteiger partial charge in [-0.3, -0.25) is 14.4 Å². The molecule has 1 atom stereocenters. The van der Waals surface area contributed by atoms with Crippen LogP contribution in [-0.2, 0) is 28.7 Å². The summed E-state index contributed by atoms with van der Waals surface area (Å²) in [6.07, 6.45) is 0. The largest absolute Gasteiger partial charge is 0.463 e. The Morgan fingerprint density at radius 2 is 1.19 bits per heavy atom. The molecular weight excluding hydrogens is 478 g/mol. The van der Waals surface area contributed by atoms with Gasteiger partial charge in [-0.1, -0.05) is 95.3 Å². The minimum absolute atomic E-state index is 0.0752. The molecule has 0 spiro atoms. The molecule has 0 heterocycles. The summed E-state index contributed by atoms with van der Waals surface area (Å²) in [4.78, 5) is 54.7. The maximum absolute atomic E-state index is 11.8. The SMILES string of the molecule is CCOC(=O)C(=O)C(C)C.COC(=O)C(=O)C(C)(C)C.O=C(c1ccccc1)c1ccccc1.[B]P. The van der Waals surface area contributed by atoms with Gasteiger partial charge in [-0.05, 0) is 6.92 Å². The Morgan fingerprint density at radius 1 is 0.806 bits per heavy atom. The van der Waals surface area contributed by atoms with E-state index in [1.807, 2.05) is 69.8 Å². The molecule has 36 heavy (non-hydrogen) atoms. The van der Waals surface area contributed by atoms with E-state index in [0.29, 0.717) is 0 Å². The number of ether oxygens (including phenoxy) is 2. The molecule has 194 valence electrons. The molecule has 0 aliphatic heterocycles. The van der Waals surface area contributed by atoms with Crippen LogP contribution in [0.4, 0.5) is 0 Å². The first-order chi connectivity index (χ1) is 16.9. The summed E-state index contributed by atoms with van der Waals surface area (Å²) in [6, 6.07) is 18.6. The van der Waals surface area contributed by atoms with Gasteiger partial charge in [0, 0.05) is 22.5 Å². The molecular formula is C27H36BO7P. The Kier molecular flexibility index (Phi) is 18.6. The molecule has 0 saturated heterocycles. The summed E-state index contributed by atoms with van der Waals surface area (Å²) in [5.41, 5.74) is 0.838. The molecule has 0 bridgehead atoms. The lowest BCUT2D eigenvalue weighted by atomic mass is 9.91. The number of esters is 2. The molecule has 1 unspecified atom stereocenters. The average molecular weight is 514 g/mol. The lowest BCUT2D eigenvalue weighted by molar-refractivity contribution is -0.155. The van der Waals surface area contributed by atoms with Crippen molar-refractivity contribution in [1.29, 1.82) is 0 Å². The van der Waals surface area contributed by atoms with Gasteiger partial charge in [-0.2, -0.15) is 9.12 Å². The van der Waals surface area contributed by atoms with Crippen LogP contribution in [0, 0.1) is 11.3 Å². The third-order valence-electron chi connectivity index (χ3n) is 4.12. The van der Waals surface area contributed by atoms with Crippen molar-refractivity contribution < 1.29 is 33.4 Å². The number of hydrogen-bond donors (Lipinski definition) is 0. The second kappa shape index (κ2) is 19.1. The first-order valence-electron chi connectivity index (χ1n) is 11.2. The van der Waals surface area contributed by atoms with Crippen LogP contribution < -0.4 is 0 Å². The van der Waals surface area contributed by atoms with E-state index in [9.17, 15) is 24.0 Å². The van der Waals surface area contributed by atoms with Gasteiger partial charge in [0.2, 0.25) is 11.6 Å². The summed E-state index contributed by atoms with van der Waals surface area (Å²) < 4.78 is 8.73. The van der Waals surface area contributed by atoms with Gasteiger partial charge in [0.25, 0.3) is 0 Å². The highest BCUT2D eigenvalue weighted by molar-refractivity contribution is 7.49. The third kappa shape index (κ3) is 14.3. The Hall–Kier alpha value is -3.12. The number of methoxy groups -OCH3 is 1. The zero-order valence-electron chi connectivity index (χ0n) is 22.1. The number of carbonyl (C=O) groups excluding carboxylic acids is 5. The highest BCUT2D eigenvalue weighted by atomic mass is 31.0. The average Bonchev–Trinajstić information content (AvgIpc) is 2.89. The third-order valence-corrected chi connectivity index (χ3v) is 4.12. The van der Waals surface area contributed by atoms with Crippen LogP contribution in [0.3, 0.4) is 0 Å². The molecule has 0 aliphatic rings. The van der Waals surface area contributed by atoms with Crippen molar-refractivity contribution in [3.63, 3.8) is 0 Å². The number of rotatable bonds is 6. The second-order valence-corrected chi connectivity index (χ2v) is 8.37. The Bertz CT molecular complexity index is 910. The molecule has 0 aliphatic carbocycles. The standard InChI is InChI=1S/C13H10O.2C7H12O3.BH2P/c14-13(11-7-3-1-4-8-11)12-9-5-2-6-10-12;1-7(2,3)5(8)6(9)10-4;1-4-10-7(9)6(8)5(2)3;1-2/h1-10H;1-4H3;5H,4H2,1-3H3;2H2. The summed E-state index contributed by atoms with van der Waals surface area (Å²) in [5.74, 6) is -2.63. The second-order valence-electron chi connectivity index (χ2n) is 8.37. The normalized spacial score (nSPS) is 9.58. The quantitative estimate of drug-likeness (QED) is 0.185. The van der Waals surface area contributed by atoms with Crippen LogP contribution >= 0.6 is 9.12 Å². The van der Waals surface area contributed by atoms with Crippen LogP contribution in [0.2, 0.25) is 0 Å². The van der Waals surface area contributed by atoms with Crippen LogP contribution in [-0.4, -0.2) is 50.6 Å². The van der Waals surface area contributed by atoms with Crippen LogP contribution in [0.5, 0.6) is 0 Å². The predicted molar refractivity (Wildman–Crippen MR) is 145 cm³/mol. The number of carbonyl (C=O) groups is 5. The minimum atomic E-state index is -0.771. The molecule has 0 aromatic heterocycles. The van der Waals surface area contributed by atoms with E-state index in [1.54, 1.807) is 41.5 Å². The zero-order chi connectivity index (χ0) is 28.3. The van der Waals surface area contributed by atoms with E-state index in [-0.39, 0.29) is 18.3 Å². The zero-order valence-corrected chi connectivity index (χ0v) is 23.2. The van der Waals surface area contributed by atoms with Gasteiger partial charge in [0.05, 0.1) is 21.3 Å². The van der Waals surface area contributed by atoms with Crippen molar-refractivity contribution in [2.45, 2.75) is 41.5 Å². The molecule has 0 fully saturated rings. The van der Waals surface area contributed by atoms with Crippen molar-refractivity contribution in [2.75, 3.05) is 13.7 Å². The van der Waals surface area contributed by atoms with Crippen LogP contribution in [0.1, 0.15) is 57.5 Å². The van der Waals surface area contributed by atoms with E-state index in [1.165, 1.54) is 7.11 Å². The van der Waals surface area contributed by atoms with Gasteiger partial charge < -0.3 is 9.47 Å². The maximum atomic E-state index is 11.8. The molecule has 2 radical (unpaired) electrons. The maximum Gasteiger partial charge on any atom is 0.374 e. The molecule has 2 rings (SSSR count). The van der Waals surface area contributed by atoms with E-state index < -0.39 is 28.9 Å². The summed E-state index contributed by atoms with van der Waals surface area (Å²) in [6.45, 7) is 10.3. The van der Waals surface area contributed by atoms with E-state index in [4.69, 9.17) is 0 Å². The predicted octanol–water partition coefficient (Wildman–Crippen LogP) is 4.41. The Morgan fingerprint density at radius 3 is 1.44 bits per heavy atom. The molecule has 0 amide bonds. The van der Waals surface area contributed by atoms with E-state index >= 15 is 0 Å². The van der Waals surface area contributed by atoms with E-state index in [2.05, 4.69) is 17.0 Å². The molecule has 7 nitrogen and oxygen atoms in total. The van der Waals surface area contributed by atoms with Gasteiger partial charge in [-0.15, -0.1) is 0 Å². The van der Waals surface area contributed by atoms with Gasteiger partial charge in [0.15, 0.2) is 5.78 Å². The topological polar surface area (TPSA) is 104 Å². The van der Waals surface area contributed by atoms with Crippen molar-refractivity contribution in [2.24, 2.45) is 11.3 Å². The fourth-order valence-electron chi connectivity index (χ4n) is 2.18. The lowest BCUT2D eigenvalue weighted by Gasteiger charge is -2.13. The monoisotopic (exact) mass is 514 g/mol. The fraction of sp³-hybridized carbons (Fsp3) is 0.370. The molecule has 2 aromatic rings. The van der Waals surface area contributed by atoms with Gasteiger partial charge >= 0.3 is 11.9 Å². The highest BCUT2D eigenvalue weighted by Crippen LogP contribution is 2.14. The van der Waals surface area contributed by atoms with Crippen LogP contribution in [0.25, 0.3) is 0 Å². The first kappa shape index (κ1) is 35.0. The highest BCUT2D eigenvalue weighted by Gasteiger charge is 2.28. The van der Waals surface area contributed by atoms with Gasteiger partial charge in [0.1, 0.15) is 0 Å². The van der Waals surface area contributed by atoms with Crippen molar-refractivity contribution >= 4 is 46.0 Å². The molecule has 9 heteroatoms. The summed E-state index contributed by atoms with van der Waals surface area (Å²) >= 11 is 0. The number of Topliss-reactive ketones (excluding diaryl/α,β-unsaturated/α-hetero) is 2. The lowest BCUT2D eigenvalue weighted by Crippen LogP contribution is -2.29. The smallest absolute Gasteiger partial charge is 0.374 e. The van der Waals surface area contributed by atoms with Crippen molar-refractivity contribution in [1.82, 2.24) is 0 Å². The number of benzene rings is 2. The van der Waals surface area contributed by atoms with Crippen molar-refractivity contribution in [3.05, 3.63) is 71.8 Å². The number of hydrogen-bond acceptors (Lipinski definition) is 7. The minimum Gasteiger partial charge on any atom is -0.463 e. The van der Waals surface area contributed by atoms with E-state index in [0.717, 1.165) is 11.1 Å². The Balaban J connectivity index is 0. The number of ketones is 3. The fourth-order valence-corrected chi connectivity index (χ4v) is 2.18.